The second kappa shape index (κ2) is 6.58. The van der Waals surface area contributed by atoms with Gasteiger partial charge in [0.15, 0.2) is 0 Å². The first-order valence-corrected chi connectivity index (χ1v) is 7.14. The van der Waals surface area contributed by atoms with Crippen LogP contribution in [-0.4, -0.2) is 17.4 Å². The number of carbonyl (C=O) groups excluding carboxylic acids is 1. The van der Waals surface area contributed by atoms with Gasteiger partial charge in [0.1, 0.15) is 6.07 Å². The van der Waals surface area contributed by atoms with Crippen molar-refractivity contribution in [3.8, 4) is 6.07 Å². The van der Waals surface area contributed by atoms with Crippen LogP contribution >= 0.6 is 0 Å². The van der Waals surface area contributed by atoms with Crippen LogP contribution in [0.1, 0.15) is 5.56 Å². The van der Waals surface area contributed by atoms with Gasteiger partial charge in [-0.15, -0.1) is 0 Å². The SMILES string of the molecule is N#Cc1ccccc1NC(=O)CNc1cccc2cccnc12. The maximum atomic E-state index is 12.1. The van der Waals surface area contributed by atoms with E-state index < -0.39 is 0 Å². The van der Waals surface area contributed by atoms with E-state index in [0.29, 0.717) is 11.3 Å². The minimum Gasteiger partial charge on any atom is -0.374 e. The molecule has 0 spiro atoms. The van der Waals surface area contributed by atoms with E-state index in [1.165, 1.54) is 0 Å². The van der Waals surface area contributed by atoms with Crippen LogP contribution in [0.3, 0.4) is 0 Å². The fraction of sp³-hybridized carbons (Fsp3) is 0.0556. The molecule has 5 heteroatoms. The van der Waals surface area contributed by atoms with E-state index in [2.05, 4.69) is 21.7 Å². The predicted molar refractivity (Wildman–Crippen MR) is 90.0 cm³/mol. The lowest BCUT2D eigenvalue weighted by Gasteiger charge is -2.10. The summed E-state index contributed by atoms with van der Waals surface area (Å²) in [4.78, 5) is 16.4. The molecule has 0 atom stereocenters. The number of nitrogens with zero attached hydrogens (tertiary/aromatic N) is 2. The highest BCUT2D eigenvalue weighted by Gasteiger charge is 2.07. The summed E-state index contributed by atoms with van der Waals surface area (Å²) in [5, 5.41) is 15.9. The fourth-order valence-corrected chi connectivity index (χ4v) is 2.31. The molecule has 0 aliphatic rings. The number of amides is 1. The molecule has 0 aliphatic heterocycles. The topological polar surface area (TPSA) is 77.8 Å². The predicted octanol–water partition coefficient (Wildman–Crippen LogP) is 3.16. The number of pyridine rings is 1. The maximum absolute atomic E-state index is 12.1. The molecule has 5 nitrogen and oxygen atoms in total. The average Bonchev–Trinajstić information content (AvgIpc) is 2.60. The number of hydrogen-bond donors (Lipinski definition) is 2. The molecule has 0 bridgehead atoms. The molecule has 112 valence electrons. The monoisotopic (exact) mass is 302 g/mol. The number of aromatic nitrogens is 1. The zero-order valence-electron chi connectivity index (χ0n) is 12.3. The summed E-state index contributed by atoms with van der Waals surface area (Å²) in [6, 6.07) is 18.6. The number of hydrogen-bond acceptors (Lipinski definition) is 4. The zero-order valence-corrected chi connectivity index (χ0v) is 12.3. The Morgan fingerprint density at radius 3 is 2.70 bits per heavy atom. The van der Waals surface area contributed by atoms with Crippen molar-refractivity contribution in [2.75, 3.05) is 17.2 Å². The van der Waals surface area contributed by atoms with E-state index >= 15 is 0 Å². The quantitative estimate of drug-likeness (QED) is 0.776. The summed E-state index contributed by atoms with van der Waals surface area (Å²) in [5.41, 5.74) is 2.57. The molecule has 2 N–H and O–H groups in total. The van der Waals surface area contributed by atoms with E-state index in [1.54, 1.807) is 30.5 Å². The number of benzene rings is 2. The molecule has 3 aromatic rings. The van der Waals surface area contributed by atoms with Crippen molar-refractivity contribution in [2.45, 2.75) is 0 Å². The highest BCUT2D eigenvalue weighted by Crippen LogP contribution is 2.20. The molecular formula is C18H14N4O. The van der Waals surface area contributed by atoms with Crippen molar-refractivity contribution in [1.82, 2.24) is 4.98 Å². The van der Waals surface area contributed by atoms with Crippen molar-refractivity contribution in [3.63, 3.8) is 0 Å². The Bertz CT molecular complexity index is 893. The zero-order chi connectivity index (χ0) is 16.1. The Balaban J connectivity index is 1.70. The van der Waals surface area contributed by atoms with E-state index in [-0.39, 0.29) is 12.5 Å². The van der Waals surface area contributed by atoms with E-state index in [1.807, 2.05) is 30.3 Å². The second-order valence-electron chi connectivity index (χ2n) is 4.94. The Morgan fingerprint density at radius 1 is 1.04 bits per heavy atom. The normalized spacial score (nSPS) is 10.0. The van der Waals surface area contributed by atoms with Crippen LogP contribution in [0, 0.1) is 11.3 Å². The Morgan fingerprint density at radius 2 is 1.83 bits per heavy atom. The number of nitrogens with one attached hydrogen (secondary N) is 2. The third kappa shape index (κ3) is 3.27. The molecule has 2 aromatic carbocycles. The summed E-state index contributed by atoms with van der Waals surface area (Å²) >= 11 is 0. The van der Waals surface area contributed by atoms with E-state index in [0.717, 1.165) is 16.6 Å². The van der Waals surface area contributed by atoms with Crippen molar-refractivity contribution < 1.29 is 4.79 Å². The smallest absolute Gasteiger partial charge is 0.243 e. The molecule has 0 fully saturated rings. The lowest BCUT2D eigenvalue weighted by Crippen LogP contribution is -2.22. The van der Waals surface area contributed by atoms with Gasteiger partial charge in [-0.05, 0) is 24.3 Å². The summed E-state index contributed by atoms with van der Waals surface area (Å²) in [6.07, 6.45) is 1.72. The first-order valence-electron chi connectivity index (χ1n) is 7.14. The number of rotatable bonds is 4. The molecule has 1 amide bonds. The standard InChI is InChI=1S/C18H14N4O/c19-11-14-5-1-2-8-15(14)22-17(23)12-21-16-9-3-6-13-7-4-10-20-18(13)16/h1-10,21H,12H2,(H,22,23). The molecule has 1 heterocycles. The van der Waals surface area contributed by atoms with E-state index in [4.69, 9.17) is 5.26 Å². The summed E-state index contributed by atoms with van der Waals surface area (Å²) < 4.78 is 0. The molecule has 1 aromatic heterocycles. The van der Waals surface area contributed by atoms with Crippen LogP contribution in [0.4, 0.5) is 11.4 Å². The number of carbonyl (C=O) groups is 1. The lowest BCUT2D eigenvalue weighted by molar-refractivity contribution is -0.114. The van der Waals surface area contributed by atoms with Crippen molar-refractivity contribution in [1.29, 1.82) is 5.26 Å². The maximum Gasteiger partial charge on any atom is 0.243 e. The molecule has 23 heavy (non-hydrogen) atoms. The molecule has 0 unspecified atom stereocenters. The van der Waals surface area contributed by atoms with Gasteiger partial charge in [-0.3, -0.25) is 9.78 Å². The summed E-state index contributed by atoms with van der Waals surface area (Å²) in [6.45, 7) is 0.0927. The van der Waals surface area contributed by atoms with Crippen LogP contribution in [0.5, 0.6) is 0 Å². The summed E-state index contributed by atoms with van der Waals surface area (Å²) in [5.74, 6) is -0.222. The summed E-state index contributed by atoms with van der Waals surface area (Å²) in [7, 11) is 0. The minimum absolute atomic E-state index is 0.0927. The average molecular weight is 302 g/mol. The van der Waals surface area contributed by atoms with Gasteiger partial charge in [0.05, 0.1) is 29.0 Å². The van der Waals surface area contributed by atoms with Crippen LogP contribution < -0.4 is 10.6 Å². The van der Waals surface area contributed by atoms with Gasteiger partial charge in [0, 0.05) is 11.6 Å². The van der Waals surface area contributed by atoms with E-state index in [9.17, 15) is 4.79 Å². The Hall–Kier alpha value is -3.39. The molecular weight excluding hydrogens is 288 g/mol. The van der Waals surface area contributed by atoms with Gasteiger partial charge in [-0.25, -0.2) is 0 Å². The van der Waals surface area contributed by atoms with Crippen LogP contribution in [-0.2, 0) is 4.79 Å². The first kappa shape index (κ1) is 14.5. The lowest BCUT2D eigenvalue weighted by atomic mass is 10.2. The number of nitriles is 1. The number of fused-ring (bicyclic) bond motifs is 1. The van der Waals surface area contributed by atoms with Gasteiger partial charge in [0.25, 0.3) is 0 Å². The molecule has 0 saturated carbocycles. The van der Waals surface area contributed by atoms with Gasteiger partial charge >= 0.3 is 0 Å². The molecule has 3 rings (SSSR count). The third-order valence-electron chi connectivity index (χ3n) is 3.39. The second-order valence-corrected chi connectivity index (χ2v) is 4.94. The van der Waals surface area contributed by atoms with Gasteiger partial charge in [-0.1, -0.05) is 30.3 Å². The van der Waals surface area contributed by atoms with Crippen molar-refractivity contribution in [3.05, 3.63) is 66.4 Å². The van der Waals surface area contributed by atoms with Crippen LogP contribution in [0.25, 0.3) is 10.9 Å². The van der Waals surface area contributed by atoms with Gasteiger partial charge < -0.3 is 10.6 Å². The first-order chi connectivity index (χ1) is 11.3. The van der Waals surface area contributed by atoms with Crippen molar-refractivity contribution >= 4 is 28.2 Å². The highest BCUT2D eigenvalue weighted by molar-refractivity contribution is 5.97. The Labute approximate surface area is 133 Å². The largest absolute Gasteiger partial charge is 0.374 e. The van der Waals surface area contributed by atoms with Crippen LogP contribution in [0.2, 0.25) is 0 Å². The molecule has 0 aliphatic carbocycles. The third-order valence-corrected chi connectivity index (χ3v) is 3.39. The minimum atomic E-state index is -0.222. The number of para-hydroxylation sites is 2. The van der Waals surface area contributed by atoms with Crippen molar-refractivity contribution in [2.24, 2.45) is 0 Å². The molecule has 0 saturated heterocycles. The number of anilines is 2. The van der Waals surface area contributed by atoms with Gasteiger partial charge in [0.2, 0.25) is 5.91 Å². The molecule has 0 radical (unpaired) electrons. The highest BCUT2D eigenvalue weighted by atomic mass is 16.1. The van der Waals surface area contributed by atoms with Gasteiger partial charge in [-0.2, -0.15) is 5.26 Å². The fourth-order valence-electron chi connectivity index (χ4n) is 2.31. The Kier molecular flexibility index (Phi) is 4.16. The van der Waals surface area contributed by atoms with Crippen LogP contribution in [0.15, 0.2) is 60.8 Å².